The molecule has 1 saturated carbocycles. The Labute approximate surface area is 138 Å². The second-order valence-corrected chi connectivity index (χ2v) is 6.37. The van der Waals surface area contributed by atoms with Crippen molar-refractivity contribution in [3.63, 3.8) is 0 Å². The number of rotatable bonds is 7. The van der Waals surface area contributed by atoms with Gasteiger partial charge in [0.1, 0.15) is 0 Å². The number of carbonyl (C=O) groups excluding carboxylic acids is 1. The first-order valence-electron chi connectivity index (χ1n) is 8.41. The van der Waals surface area contributed by atoms with E-state index >= 15 is 0 Å². The van der Waals surface area contributed by atoms with E-state index in [1.54, 1.807) is 0 Å². The van der Waals surface area contributed by atoms with Gasteiger partial charge in [0.15, 0.2) is 0 Å². The molecule has 1 amide bonds. The molecule has 0 unspecified atom stereocenters. The van der Waals surface area contributed by atoms with Crippen LogP contribution < -0.4 is 5.32 Å². The van der Waals surface area contributed by atoms with E-state index in [0.717, 1.165) is 24.7 Å². The van der Waals surface area contributed by atoms with Gasteiger partial charge in [-0.1, -0.05) is 55.0 Å². The van der Waals surface area contributed by atoms with Gasteiger partial charge in [-0.05, 0) is 36.5 Å². The number of hydrogen-bond acceptors (Lipinski definition) is 2. The Morgan fingerprint density at radius 1 is 1.00 bits per heavy atom. The molecule has 0 saturated heterocycles. The van der Waals surface area contributed by atoms with Crippen LogP contribution in [-0.4, -0.2) is 23.9 Å². The normalized spacial score (nSPS) is 14.5. The van der Waals surface area contributed by atoms with Gasteiger partial charge in [-0.15, -0.1) is 0 Å². The maximum atomic E-state index is 12.3. The van der Waals surface area contributed by atoms with Crippen molar-refractivity contribution in [2.75, 3.05) is 18.4 Å². The Kier molecular flexibility index (Phi) is 5.43. The van der Waals surface area contributed by atoms with Crippen LogP contribution in [0.25, 0.3) is 0 Å². The molecule has 1 N–H and O–H groups in total. The fraction of sp³-hybridized carbons (Fsp3) is 0.350. The molecule has 23 heavy (non-hydrogen) atoms. The Hall–Kier alpha value is -2.13. The van der Waals surface area contributed by atoms with Gasteiger partial charge in [-0.3, -0.25) is 9.69 Å². The lowest BCUT2D eigenvalue weighted by molar-refractivity contribution is -0.117. The van der Waals surface area contributed by atoms with E-state index in [0.29, 0.717) is 6.54 Å². The molecule has 3 nitrogen and oxygen atoms in total. The van der Waals surface area contributed by atoms with E-state index in [4.69, 9.17) is 0 Å². The lowest BCUT2D eigenvalue weighted by Crippen LogP contribution is -2.37. The van der Waals surface area contributed by atoms with Gasteiger partial charge in [-0.2, -0.15) is 0 Å². The highest BCUT2D eigenvalue weighted by atomic mass is 16.2. The van der Waals surface area contributed by atoms with E-state index in [-0.39, 0.29) is 5.91 Å². The van der Waals surface area contributed by atoms with Crippen LogP contribution in [0.2, 0.25) is 0 Å². The van der Waals surface area contributed by atoms with Crippen molar-refractivity contribution in [1.29, 1.82) is 0 Å². The van der Waals surface area contributed by atoms with Crippen molar-refractivity contribution >= 4 is 11.6 Å². The minimum Gasteiger partial charge on any atom is -0.325 e. The topological polar surface area (TPSA) is 32.3 Å². The summed E-state index contributed by atoms with van der Waals surface area (Å²) in [6.45, 7) is 2.29. The molecule has 120 valence electrons. The number of benzene rings is 2. The van der Waals surface area contributed by atoms with Crippen molar-refractivity contribution in [3.05, 3.63) is 66.2 Å². The Balaban J connectivity index is 1.59. The van der Waals surface area contributed by atoms with Crippen LogP contribution in [0.15, 0.2) is 60.7 Å². The number of carbonyl (C=O) groups is 1. The Morgan fingerprint density at radius 2 is 1.65 bits per heavy atom. The summed E-state index contributed by atoms with van der Waals surface area (Å²) in [6.07, 6.45) is 3.93. The molecule has 0 atom stereocenters. The van der Waals surface area contributed by atoms with Crippen LogP contribution in [0.1, 0.15) is 24.8 Å². The molecule has 1 aliphatic carbocycles. The van der Waals surface area contributed by atoms with Gasteiger partial charge in [0, 0.05) is 18.8 Å². The summed E-state index contributed by atoms with van der Waals surface area (Å²) in [5, 5.41) is 2.99. The van der Waals surface area contributed by atoms with Gasteiger partial charge in [0.2, 0.25) is 5.91 Å². The van der Waals surface area contributed by atoms with Crippen LogP contribution in [0.4, 0.5) is 5.69 Å². The molecule has 0 radical (unpaired) electrons. The lowest BCUT2D eigenvalue weighted by Gasteiger charge is -2.32. The van der Waals surface area contributed by atoms with Crippen molar-refractivity contribution in [3.8, 4) is 0 Å². The van der Waals surface area contributed by atoms with Gasteiger partial charge in [0.25, 0.3) is 0 Å². The first-order chi connectivity index (χ1) is 11.3. The average Bonchev–Trinajstić information content (AvgIpc) is 2.52. The van der Waals surface area contributed by atoms with Gasteiger partial charge in [-0.25, -0.2) is 0 Å². The molecular weight excluding hydrogens is 284 g/mol. The largest absolute Gasteiger partial charge is 0.325 e. The fourth-order valence-corrected chi connectivity index (χ4v) is 2.99. The second kappa shape index (κ2) is 7.93. The molecule has 1 aliphatic rings. The van der Waals surface area contributed by atoms with Crippen molar-refractivity contribution in [2.24, 2.45) is 5.92 Å². The molecule has 3 rings (SSSR count). The summed E-state index contributed by atoms with van der Waals surface area (Å²) in [6, 6.07) is 20.1. The molecule has 3 heteroatoms. The van der Waals surface area contributed by atoms with E-state index in [1.807, 2.05) is 36.4 Å². The maximum absolute atomic E-state index is 12.3. The average molecular weight is 308 g/mol. The van der Waals surface area contributed by atoms with Gasteiger partial charge < -0.3 is 5.32 Å². The van der Waals surface area contributed by atoms with Crippen molar-refractivity contribution in [1.82, 2.24) is 4.90 Å². The summed E-state index contributed by atoms with van der Waals surface area (Å²) in [4.78, 5) is 14.6. The first-order valence-corrected chi connectivity index (χ1v) is 8.41. The summed E-state index contributed by atoms with van der Waals surface area (Å²) < 4.78 is 0. The Morgan fingerprint density at radius 3 is 2.26 bits per heavy atom. The smallest absolute Gasteiger partial charge is 0.238 e. The highest BCUT2D eigenvalue weighted by molar-refractivity contribution is 5.92. The third kappa shape index (κ3) is 4.93. The van der Waals surface area contributed by atoms with Gasteiger partial charge in [0.05, 0.1) is 6.54 Å². The van der Waals surface area contributed by atoms with E-state index in [9.17, 15) is 4.79 Å². The minimum atomic E-state index is 0.0615. The molecule has 1 fully saturated rings. The summed E-state index contributed by atoms with van der Waals surface area (Å²) in [7, 11) is 0. The maximum Gasteiger partial charge on any atom is 0.238 e. The highest BCUT2D eigenvalue weighted by Gasteiger charge is 2.22. The number of hydrogen-bond donors (Lipinski definition) is 1. The number of nitrogens with one attached hydrogen (secondary N) is 1. The molecular formula is C20H24N2O. The summed E-state index contributed by atoms with van der Waals surface area (Å²) in [5.41, 5.74) is 2.13. The zero-order valence-corrected chi connectivity index (χ0v) is 13.4. The number of para-hydroxylation sites is 1. The fourth-order valence-electron chi connectivity index (χ4n) is 2.99. The Bertz CT molecular complexity index is 608. The SMILES string of the molecule is O=C(CN(Cc1ccccc1)CC1CCC1)Nc1ccccc1. The molecule has 2 aromatic carbocycles. The second-order valence-electron chi connectivity index (χ2n) is 6.37. The minimum absolute atomic E-state index is 0.0615. The molecule has 0 spiro atoms. The van der Waals surface area contributed by atoms with Crippen molar-refractivity contribution < 1.29 is 4.79 Å². The molecule has 0 heterocycles. The highest BCUT2D eigenvalue weighted by Crippen LogP contribution is 2.27. The van der Waals surface area contributed by atoms with Crippen LogP contribution in [0.5, 0.6) is 0 Å². The van der Waals surface area contributed by atoms with Crippen LogP contribution >= 0.6 is 0 Å². The number of amides is 1. The number of anilines is 1. The van der Waals surface area contributed by atoms with Crippen LogP contribution in [0.3, 0.4) is 0 Å². The standard InChI is InChI=1S/C20H24N2O/c23-20(21-19-12-5-2-6-13-19)16-22(15-18-10-7-11-18)14-17-8-3-1-4-9-17/h1-6,8-9,12-13,18H,7,10-11,14-16H2,(H,21,23). The summed E-state index contributed by atoms with van der Waals surface area (Å²) in [5.74, 6) is 0.815. The molecule has 2 aromatic rings. The molecule has 0 bridgehead atoms. The van der Waals surface area contributed by atoms with Gasteiger partial charge >= 0.3 is 0 Å². The van der Waals surface area contributed by atoms with E-state index in [1.165, 1.54) is 24.8 Å². The third-order valence-corrected chi connectivity index (χ3v) is 4.41. The van der Waals surface area contributed by atoms with Crippen LogP contribution in [0, 0.1) is 5.92 Å². The zero-order valence-electron chi connectivity index (χ0n) is 13.4. The molecule has 0 aliphatic heterocycles. The quantitative estimate of drug-likeness (QED) is 0.840. The lowest BCUT2D eigenvalue weighted by atomic mass is 9.85. The predicted octanol–water partition coefficient (Wildman–Crippen LogP) is 3.93. The first kappa shape index (κ1) is 15.8. The monoisotopic (exact) mass is 308 g/mol. The molecule has 0 aromatic heterocycles. The van der Waals surface area contributed by atoms with E-state index in [2.05, 4.69) is 34.5 Å². The van der Waals surface area contributed by atoms with Crippen molar-refractivity contribution in [2.45, 2.75) is 25.8 Å². The van der Waals surface area contributed by atoms with Crippen LogP contribution in [-0.2, 0) is 11.3 Å². The summed E-state index contributed by atoms with van der Waals surface area (Å²) >= 11 is 0. The number of nitrogens with zero attached hydrogens (tertiary/aromatic N) is 1. The predicted molar refractivity (Wildman–Crippen MR) is 94.1 cm³/mol. The third-order valence-electron chi connectivity index (χ3n) is 4.41. The van der Waals surface area contributed by atoms with E-state index < -0.39 is 0 Å². The zero-order chi connectivity index (χ0) is 15.9.